The Labute approximate surface area is 119 Å². The zero-order valence-electron chi connectivity index (χ0n) is 12.0. The summed E-state index contributed by atoms with van der Waals surface area (Å²) in [6.45, 7) is 6.14. The first-order valence-electron chi connectivity index (χ1n) is 7.24. The Morgan fingerprint density at radius 2 is 1.79 bits per heavy atom. The van der Waals surface area contributed by atoms with Crippen molar-refractivity contribution < 1.29 is 13.2 Å². The third kappa shape index (κ3) is 7.45. The van der Waals surface area contributed by atoms with Crippen LogP contribution in [0.25, 0.3) is 0 Å². The van der Waals surface area contributed by atoms with Gasteiger partial charge in [0.1, 0.15) is 0 Å². The van der Waals surface area contributed by atoms with Crippen molar-refractivity contribution in [3.05, 3.63) is 0 Å². The molecule has 5 heteroatoms. The van der Waals surface area contributed by atoms with Crippen LogP contribution in [0, 0.1) is 11.3 Å². The fourth-order valence-corrected chi connectivity index (χ4v) is 3.59. The van der Waals surface area contributed by atoms with Gasteiger partial charge in [-0.2, -0.15) is 13.2 Å². The van der Waals surface area contributed by atoms with Gasteiger partial charge in [0.25, 0.3) is 0 Å². The van der Waals surface area contributed by atoms with E-state index in [9.17, 15) is 13.2 Å². The van der Waals surface area contributed by atoms with Crippen LogP contribution < -0.4 is 5.32 Å². The first-order valence-corrected chi connectivity index (χ1v) is 8.23. The lowest BCUT2D eigenvalue weighted by Gasteiger charge is -2.38. The smallest absolute Gasteiger partial charge is 0.316 e. The van der Waals surface area contributed by atoms with Gasteiger partial charge < -0.3 is 5.32 Å². The molecule has 0 atom stereocenters. The topological polar surface area (TPSA) is 12.0 Å². The molecule has 114 valence electrons. The molecule has 1 rings (SSSR count). The normalized spacial score (nSPS) is 19.9. The highest BCUT2D eigenvalue weighted by Crippen LogP contribution is 2.41. The van der Waals surface area contributed by atoms with Gasteiger partial charge in [-0.3, -0.25) is 0 Å². The summed E-state index contributed by atoms with van der Waals surface area (Å²) in [5.41, 5.74) is -3.98. The fraction of sp³-hybridized carbons (Fsp3) is 1.00. The Morgan fingerprint density at radius 3 is 2.32 bits per heavy atom. The molecule has 1 N–H and O–H groups in total. The Balaban J connectivity index is 2.40. The van der Waals surface area contributed by atoms with E-state index in [-0.39, 0.29) is 22.9 Å². The minimum atomic E-state index is -4.08. The van der Waals surface area contributed by atoms with Gasteiger partial charge in [-0.1, -0.05) is 44.9 Å². The van der Waals surface area contributed by atoms with Crippen molar-refractivity contribution >= 4 is 11.8 Å². The molecule has 1 fully saturated rings. The predicted octanol–water partition coefficient (Wildman–Crippen LogP) is 4.83. The third-order valence-electron chi connectivity index (χ3n) is 3.86. The molecular formula is C14H26F3NS. The van der Waals surface area contributed by atoms with Crippen molar-refractivity contribution in [1.29, 1.82) is 0 Å². The number of hydrogen-bond acceptors (Lipinski definition) is 2. The van der Waals surface area contributed by atoms with Crippen molar-refractivity contribution in [2.45, 2.75) is 57.9 Å². The molecule has 0 unspecified atom stereocenters. The van der Waals surface area contributed by atoms with Crippen LogP contribution in [0.4, 0.5) is 13.2 Å². The van der Waals surface area contributed by atoms with Gasteiger partial charge in [-0.05, 0) is 37.1 Å². The number of halogens is 3. The van der Waals surface area contributed by atoms with Crippen LogP contribution in [0.15, 0.2) is 0 Å². The molecule has 0 bridgehead atoms. The quantitative estimate of drug-likeness (QED) is 0.722. The van der Waals surface area contributed by atoms with Crippen molar-refractivity contribution in [2.24, 2.45) is 11.3 Å². The van der Waals surface area contributed by atoms with E-state index >= 15 is 0 Å². The predicted molar refractivity (Wildman–Crippen MR) is 76.4 cm³/mol. The van der Waals surface area contributed by atoms with Crippen LogP contribution in [0.3, 0.4) is 0 Å². The largest absolute Gasteiger partial charge is 0.441 e. The minimum absolute atomic E-state index is 0.103. The summed E-state index contributed by atoms with van der Waals surface area (Å²) in [5, 5.41) is 3.45. The summed E-state index contributed by atoms with van der Waals surface area (Å²) < 4.78 is 36.7. The molecule has 1 saturated carbocycles. The van der Waals surface area contributed by atoms with Crippen LogP contribution in [-0.2, 0) is 0 Å². The number of hydrogen-bond donors (Lipinski definition) is 1. The highest BCUT2D eigenvalue weighted by Gasteiger charge is 2.34. The molecule has 0 radical (unpaired) electrons. The molecule has 19 heavy (non-hydrogen) atoms. The molecular weight excluding hydrogens is 271 g/mol. The van der Waals surface area contributed by atoms with E-state index in [1.807, 2.05) is 0 Å². The summed E-state index contributed by atoms with van der Waals surface area (Å²) in [5.74, 6) is 0.789. The van der Waals surface area contributed by atoms with E-state index in [0.29, 0.717) is 12.3 Å². The monoisotopic (exact) mass is 297 g/mol. The van der Waals surface area contributed by atoms with Gasteiger partial charge in [-0.15, -0.1) is 0 Å². The van der Waals surface area contributed by atoms with Crippen molar-refractivity contribution in [3.63, 3.8) is 0 Å². The van der Waals surface area contributed by atoms with E-state index in [2.05, 4.69) is 19.2 Å². The van der Waals surface area contributed by atoms with E-state index in [1.165, 1.54) is 19.3 Å². The highest BCUT2D eigenvalue weighted by molar-refractivity contribution is 8.00. The van der Waals surface area contributed by atoms with Crippen LogP contribution >= 0.6 is 11.8 Å². The molecule has 0 aliphatic heterocycles. The maximum absolute atomic E-state index is 12.2. The molecule has 1 aliphatic carbocycles. The van der Waals surface area contributed by atoms with Crippen molar-refractivity contribution in [3.8, 4) is 0 Å². The maximum Gasteiger partial charge on any atom is 0.441 e. The third-order valence-corrected chi connectivity index (χ3v) is 4.60. The molecule has 0 aromatic rings. The molecule has 0 aromatic carbocycles. The lowest BCUT2D eigenvalue weighted by Crippen LogP contribution is -2.38. The lowest BCUT2D eigenvalue weighted by atomic mass is 9.72. The Morgan fingerprint density at radius 1 is 1.16 bits per heavy atom. The first-order chi connectivity index (χ1) is 8.83. The second-order valence-electron chi connectivity index (χ2n) is 6.13. The van der Waals surface area contributed by atoms with Crippen LogP contribution in [0.5, 0.6) is 0 Å². The first kappa shape index (κ1) is 17.2. The van der Waals surface area contributed by atoms with Gasteiger partial charge in [0, 0.05) is 12.3 Å². The second kappa shape index (κ2) is 7.77. The molecule has 0 aromatic heterocycles. The SMILES string of the molecule is CC(C)CNCC1(CCSC(F)(F)F)CCCCC1. The van der Waals surface area contributed by atoms with Gasteiger partial charge in [-0.25, -0.2) is 0 Å². The number of rotatable bonds is 7. The summed E-state index contributed by atoms with van der Waals surface area (Å²) in [4.78, 5) is 0. The lowest BCUT2D eigenvalue weighted by molar-refractivity contribution is -0.0329. The standard InChI is InChI=1S/C14H26F3NS/c1-12(2)10-18-11-13(6-4-3-5-7-13)8-9-19-14(15,16)17/h12,18H,3-11H2,1-2H3. The van der Waals surface area contributed by atoms with Crippen molar-refractivity contribution in [1.82, 2.24) is 5.32 Å². The summed E-state index contributed by atoms with van der Waals surface area (Å²) in [6, 6.07) is 0. The van der Waals surface area contributed by atoms with Crippen LogP contribution in [0.2, 0.25) is 0 Å². The molecule has 1 aliphatic rings. The molecule has 0 heterocycles. The van der Waals surface area contributed by atoms with Crippen molar-refractivity contribution in [2.75, 3.05) is 18.8 Å². The molecule has 0 spiro atoms. The minimum Gasteiger partial charge on any atom is -0.316 e. The number of nitrogens with one attached hydrogen (secondary N) is 1. The Hall–Kier alpha value is 0.100. The van der Waals surface area contributed by atoms with E-state index < -0.39 is 5.51 Å². The van der Waals surface area contributed by atoms with Gasteiger partial charge in [0.2, 0.25) is 0 Å². The summed E-state index contributed by atoms with van der Waals surface area (Å²) in [7, 11) is 0. The fourth-order valence-electron chi connectivity index (χ4n) is 2.83. The van der Waals surface area contributed by atoms with E-state index in [1.54, 1.807) is 0 Å². The average molecular weight is 297 g/mol. The van der Waals surface area contributed by atoms with Gasteiger partial charge >= 0.3 is 5.51 Å². The van der Waals surface area contributed by atoms with Crippen LogP contribution in [-0.4, -0.2) is 24.4 Å². The van der Waals surface area contributed by atoms with Crippen LogP contribution in [0.1, 0.15) is 52.4 Å². The Bertz CT molecular complexity index is 248. The molecule has 0 amide bonds. The number of thioether (sulfide) groups is 1. The second-order valence-corrected chi connectivity index (χ2v) is 7.29. The molecule has 0 saturated heterocycles. The van der Waals surface area contributed by atoms with E-state index in [0.717, 1.165) is 25.9 Å². The van der Waals surface area contributed by atoms with E-state index in [4.69, 9.17) is 0 Å². The zero-order valence-corrected chi connectivity index (χ0v) is 12.8. The zero-order chi connectivity index (χ0) is 14.4. The molecule has 1 nitrogen and oxygen atoms in total. The highest BCUT2D eigenvalue weighted by atomic mass is 32.2. The summed E-state index contributed by atoms with van der Waals surface area (Å²) >= 11 is 0.138. The number of alkyl halides is 3. The average Bonchev–Trinajstić information content (AvgIpc) is 2.28. The Kier molecular flexibility index (Phi) is 7.01. The summed E-state index contributed by atoms with van der Waals surface area (Å²) in [6.07, 6.45) is 6.41. The van der Waals surface area contributed by atoms with Gasteiger partial charge in [0.05, 0.1) is 0 Å². The van der Waals surface area contributed by atoms with Gasteiger partial charge in [0.15, 0.2) is 0 Å². The maximum atomic E-state index is 12.2.